The van der Waals surface area contributed by atoms with Crippen LogP contribution in [0.15, 0.2) is 29.2 Å². The predicted octanol–water partition coefficient (Wildman–Crippen LogP) is 1.72. The Kier molecular flexibility index (Phi) is 6.46. The van der Waals surface area contributed by atoms with E-state index in [2.05, 4.69) is 13.8 Å². The first kappa shape index (κ1) is 19.0. The molecule has 0 saturated carbocycles. The third kappa shape index (κ3) is 5.00. The van der Waals surface area contributed by atoms with Gasteiger partial charge in [-0.3, -0.25) is 9.36 Å². The van der Waals surface area contributed by atoms with Crippen molar-refractivity contribution in [1.82, 2.24) is 4.72 Å². The first-order valence-electron chi connectivity index (χ1n) is 6.46. The minimum Gasteiger partial charge on any atom is -0.312 e. The van der Waals surface area contributed by atoms with Gasteiger partial charge in [0.05, 0.1) is 10.9 Å². The topological polar surface area (TPSA) is 98.8 Å². The van der Waals surface area contributed by atoms with E-state index in [9.17, 15) is 17.8 Å². The third-order valence-electron chi connectivity index (χ3n) is 3.05. The number of hydrogen-bond acceptors (Lipinski definition) is 6. The van der Waals surface area contributed by atoms with Crippen LogP contribution >= 0.6 is 7.60 Å². The van der Waals surface area contributed by atoms with E-state index in [1.807, 2.05) is 6.92 Å². The fourth-order valence-corrected chi connectivity index (χ4v) is 3.91. The number of Topliss-reactive ketones (excluding diaryl/α,β-unsaturated/α-hetero) is 1. The summed E-state index contributed by atoms with van der Waals surface area (Å²) in [4.78, 5) is 12.0. The molecule has 9 heteroatoms. The Hall–Kier alpha value is -1.05. The Morgan fingerprint density at radius 1 is 1.23 bits per heavy atom. The van der Waals surface area contributed by atoms with Crippen LogP contribution in [0.25, 0.3) is 0 Å². The molecule has 0 bridgehead atoms. The number of ketones is 1. The zero-order valence-corrected chi connectivity index (χ0v) is 14.6. The first-order valence-corrected chi connectivity index (χ1v) is 9.67. The standard InChI is InChI=1S/C13H20NO6PS/c1-10-5-7-12(8-6-10)22(17,18)14-11(2)13(15)9-21(16,19-3)20-4/h5-8,11,14H,9H2,1-4H3. The van der Waals surface area contributed by atoms with Crippen LogP contribution in [-0.4, -0.2) is 40.6 Å². The summed E-state index contributed by atoms with van der Waals surface area (Å²) in [5.74, 6) is -0.581. The van der Waals surface area contributed by atoms with Crippen molar-refractivity contribution in [3.8, 4) is 0 Å². The molecule has 0 aliphatic heterocycles. The highest BCUT2D eigenvalue weighted by Crippen LogP contribution is 2.46. The first-order chi connectivity index (χ1) is 10.1. The maximum Gasteiger partial charge on any atom is 0.337 e. The van der Waals surface area contributed by atoms with Crippen molar-refractivity contribution in [3.63, 3.8) is 0 Å². The molecular weight excluding hydrogens is 329 g/mol. The highest BCUT2D eigenvalue weighted by molar-refractivity contribution is 7.89. The van der Waals surface area contributed by atoms with E-state index in [1.54, 1.807) is 12.1 Å². The summed E-state index contributed by atoms with van der Waals surface area (Å²) in [7, 11) is -5.02. The fourth-order valence-electron chi connectivity index (χ4n) is 1.62. The highest BCUT2D eigenvalue weighted by atomic mass is 32.2. The van der Waals surface area contributed by atoms with Gasteiger partial charge >= 0.3 is 7.60 Å². The molecule has 0 fully saturated rings. The van der Waals surface area contributed by atoms with Crippen molar-refractivity contribution in [2.24, 2.45) is 0 Å². The fraction of sp³-hybridized carbons (Fsp3) is 0.462. The molecule has 0 spiro atoms. The van der Waals surface area contributed by atoms with E-state index >= 15 is 0 Å². The second-order valence-corrected chi connectivity index (χ2v) is 8.74. The zero-order chi connectivity index (χ0) is 17.0. The Bertz CT molecular complexity index is 662. The zero-order valence-electron chi connectivity index (χ0n) is 12.9. The maximum atomic E-state index is 12.2. The molecule has 0 heterocycles. The summed E-state index contributed by atoms with van der Waals surface area (Å²) in [6.07, 6.45) is -0.502. The molecule has 0 aliphatic rings. The molecule has 1 aromatic carbocycles. The molecule has 0 aromatic heterocycles. The van der Waals surface area contributed by atoms with Gasteiger partial charge in [-0.1, -0.05) is 17.7 Å². The van der Waals surface area contributed by atoms with Crippen molar-refractivity contribution < 1.29 is 26.8 Å². The van der Waals surface area contributed by atoms with Crippen molar-refractivity contribution >= 4 is 23.4 Å². The molecule has 0 aliphatic carbocycles. The largest absolute Gasteiger partial charge is 0.337 e. The molecule has 1 rings (SSSR count). The van der Waals surface area contributed by atoms with Crippen LogP contribution < -0.4 is 4.72 Å². The Morgan fingerprint density at radius 2 is 1.73 bits per heavy atom. The third-order valence-corrected chi connectivity index (χ3v) is 6.42. The number of sulfonamides is 1. The minimum absolute atomic E-state index is 0.0550. The summed E-state index contributed by atoms with van der Waals surface area (Å²) in [5.41, 5.74) is 0.921. The van der Waals surface area contributed by atoms with Gasteiger partial charge < -0.3 is 9.05 Å². The summed E-state index contributed by atoms with van der Waals surface area (Å²) in [6, 6.07) is 5.16. The molecule has 1 unspecified atom stereocenters. The van der Waals surface area contributed by atoms with Gasteiger partial charge in [0.25, 0.3) is 0 Å². The lowest BCUT2D eigenvalue weighted by Crippen LogP contribution is -2.39. The van der Waals surface area contributed by atoms with Crippen molar-refractivity contribution in [2.45, 2.75) is 24.8 Å². The van der Waals surface area contributed by atoms with Crippen LogP contribution in [0.2, 0.25) is 0 Å². The molecule has 0 saturated heterocycles. The van der Waals surface area contributed by atoms with Gasteiger partial charge in [-0.15, -0.1) is 0 Å². The lowest BCUT2D eigenvalue weighted by atomic mass is 10.2. The van der Waals surface area contributed by atoms with Gasteiger partial charge in [-0.05, 0) is 26.0 Å². The molecule has 7 nitrogen and oxygen atoms in total. The number of rotatable bonds is 8. The normalized spacial score (nSPS) is 13.8. The minimum atomic E-state index is -3.83. The van der Waals surface area contributed by atoms with Crippen molar-refractivity contribution in [1.29, 1.82) is 0 Å². The van der Waals surface area contributed by atoms with Gasteiger partial charge in [0, 0.05) is 14.2 Å². The lowest BCUT2D eigenvalue weighted by molar-refractivity contribution is -0.118. The molecule has 0 radical (unpaired) electrons. The number of carbonyl (C=O) groups excluding carboxylic acids is 1. The van der Waals surface area contributed by atoms with Gasteiger partial charge in [0.15, 0.2) is 5.78 Å². The van der Waals surface area contributed by atoms with Gasteiger partial charge in [0.1, 0.15) is 6.16 Å². The molecule has 0 amide bonds. The number of carbonyl (C=O) groups is 1. The smallest absolute Gasteiger partial charge is 0.312 e. The summed E-state index contributed by atoms with van der Waals surface area (Å²) < 4.78 is 47.8. The molecule has 1 N–H and O–H groups in total. The average Bonchev–Trinajstić information content (AvgIpc) is 2.47. The van der Waals surface area contributed by atoms with Crippen LogP contribution in [0.4, 0.5) is 0 Å². The van der Waals surface area contributed by atoms with E-state index < -0.39 is 35.6 Å². The summed E-state index contributed by atoms with van der Waals surface area (Å²) in [5, 5.41) is 0. The average molecular weight is 349 g/mol. The quantitative estimate of drug-likeness (QED) is 0.718. The van der Waals surface area contributed by atoms with E-state index in [0.29, 0.717) is 0 Å². The van der Waals surface area contributed by atoms with Crippen LogP contribution in [0, 0.1) is 6.92 Å². The van der Waals surface area contributed by atoms with Gasteiger partial charge in [-0.2, -0.15) is 0 Å². The molecule has 1 aromatic rings. The number of aryl methyl sites for hydroxylation is 1. The monoisotopic (exact) mass is 349 g/mol. The summed E-state index contributed by atoms with van der Waals surface area (Å²) >= 11 is 0. The number of hydrogen-bond donors (Lipinski definition) is 1. The van der Waals surface area contributed by atoms with Crippen molar-refractivity contribution in [2.75, 3.05) is 20.4 Å². The maximum absolute atomic E-state index is 12.2. The summed E-state index contributed by atoms with van der Waals surface area (Å²) in [6.45, 7) is 3.22. The number of benzene rings is 1. The lowest BCUT2D eigenvalue weighted by Gasteiger charge is -2.17. The predicted molar refractivity (Wildman–Crippen MR) is 82.5 cm³/mol. The second kappa shape index (κ2) is 7.48. The van der Waals surface area contributed by atoms with E-state index in [1.165, 1.54) is 33.3 Å². The van der Waals surface area contributed by atoms with Crippen LogP contribution in [0.3, 0.4) is 0 Å². The Labute approximate surface area is 130 Å². The number of nitrogens with one attached hydrogen (secondary N) is 1. The molecule has 22 heavy (non-hydrogen) atoms. The van der Waals surface area contributed by atoms with E-state index in [-0.39, 0.29) is 4.90 Å². The van der Waals surface area contributed by atoms with Gasteiger partial charge in [-0.25, -0.2) is 13.1 Å². The van der Waals surface area contributed by atoms with Crippen LogP contribution in [0.1, 0.15) is 12.5 Å². The van der Waals surface area contributed by atoms with E-state index in [0.717, 1.165) is 5.56 Å². The molecule has 1 atom stereocenters. The molecular formula is C13H20NO6PS. The second-order valence-electron chi connectivity index (χ2n) is 4.76. The molecule has 124 valence electrons. The van der Waals surface area contributed by atoms with Crippen LogP contribution in [0.5, 0.6) is 0 Å². The van der Waals surface area contributed by atoms with E-state index in [4.69, 9.17) is 0 Å². The van der Waals surface area contributed by atoms with Gasteiger partial charge in [0.2, 0.25) is 10.0 Å². The SMILES string of the molecule is COP(=O)(CC(=O)C(C)NS(=O)(=O)c1ccc(C)cc1)OC. The van der Waals surface area contributed by atoms with Crippen LogP contribution in [-0.2, 0) is 28.4 Å². The highest BCUT2D eigenvalue weighted by Gasteiger charge is 2.30. The van der Waals surface area contributed by atoms with Crippen molar-refractivity contribution in [3.05, 3.63) is 29.8 Å². The Balaban J connectivity index is 2.83. The Morgan fingerprint density at radius 3 is 2.18 bits per heavy atom.